The molecule has 26 heavy (non-hydrogen) atoms. The third-order valence-corrected chi connectivity index (χ3v) is 4.76. The van der Waals surface area contributed by atoms with E-state index in [0.29, 0.717) is 24.6 Å². The fourth-order valence-electron chi connectivity index (χ4n) is 3.15. The second-order valence-electron chi connectivity index (χ2n) is 6.81. The second-order valence-corrected chi connectivity index (χ2v) is 6.81. The van der Waals surface area contributed by atoms with E-state index in [4.69, 9.17) is 0 Å². The summed E-state index contributed by atoms with van der Waals surface area (Å²) in [5.74, 6) is 0.476. The van der Waals surface area contributed by atoms with Gasteiger partial charge in [-0.25, -0.2) is 4.79 Å². The third-order valence-electron chi connectivity index (χ3n) is 4.76. The number of nitriles is 1. The van der Waals surface area contributed by atoms with E-state index in [2.05, 4.69) is 42.3 Å². The van der Waals surface area contributed by atoms with Crippen molar-refractivity contribution < 1.29 is 4.79 Å². The van der Waals surface area contributed by atoms with Gasteiger partial charge < -0.3 is 15.1 Å². The number of nitrogens with zero attached hydrogens (tertiary/aromatic N) is 3. The van der Waals surface area contributed by atoms with E-state index in [1.807, 2.05) is 41.3 Å². The first kappa shape index (κ1) is 17.8. The number of hydrogen-bond acceptors (Lipinski definition) is 3. The van der Waals surface area contributed by atoms with Gasteiger partial charge in [0.15, 0.2) is 0 Å². The number of nitrogens with one attached hydrogen (secondary N) is 1. The molecule has 0 radical (unpaired) electrons. The van der Waals surface area contributed by atoms with Crippen molar-refractivity contribution in [2.75, 3.05) is 36.4 Å². The summed E-state index contributed by atoms with van der Waals surface area (Å²) in [6, 6.07) is 17.8. The molecule has 1 saturated heterocycles. The maximum absolute atomic E-state index is 12.5. The number of carbonyl (C=O) groups excluding carboxylic acids is 1. The predicted octanol–water partition coefficient (Wildman–Crippen LogP) is 4.04. The molecule has 0 aliphatic carbocycles. The molecule has 5 heteroatoms. The summed E-state index contributed by atoms with van der Waals surface area (Å²) in [7, 11) is 0. The number of urea groups is 1. The molecule has 0 spiro atoms. The van der Waals surface area contributed by atoms with E-state index in [1.165, 1.54) is 5.56 Å². The lowest BCUT2D eigenvalue weighted by molar-refractivity contribution is 0.208. The summed E-state index contributed by atoms with van der Waals surface area (Å²) in [5, 5.41) is 12.2. The zero-order valence-corrected chi connectivity index (χ0v) is 15.3. The molecule has 0 bridgehead atoms. The van der Waals surface area contributed by atoms with Gasteiger partial charge in [-0.05, 0) is 35.7 Å². The molecular formula is C21H24N4O. The smallest absolute Gasteiger partial charge is 0.321 e. The minimum absolute atomic E-state index is 0.0736. The Morgan fingerprint density at radius 1 is 1.04 bits per heavy atom. The van der Waals surface area contributed by atoms with Crippen molar-refractivity contribution in [3.8, 4) is 6.07 Å². The van der Waals surface area contributed by atoms with Gasteiger partial charge in [-0.15, -0.1) is 0 Å². The second kappa shape index (κ2) is 7.92. The maximum Gasteiger partial charge on any atom is 0.321 e. The van der Waals surface area contributed by atoms with Crippen molar-refractivity contribution in [3.05, 3.63) is 59.7 Å². The van der Waals surface area contributed by atoms with Gasteiger partial charge in [0.1, 0.15) is 6.07 Å². The molecule has 0 aromatic heterocycles. The quantitative estimate of drug-likeness (QED) is 0.911. The Hall–Kier alpha value is -3.00. The number of hydrogen-bond donors (Lipinski definition) is 1. The highest BCUT2D eigenvalue weighted by molar-refractivity contribution is 5.89. The minimum Gasteiger partial charge on any atom is -0.367 e. The van der Waals surface area contributed by atoms with Crippen LogP contribution in [-0.2, 0) is 0 Å². The van der Waals surface area contributed by atoms with Crippen molar-refractivity contribution in [3.63, 3.8) is 0 Å². The molecule has 2 aromatic rings. The van der Waals surface area contributed by atoms with Gasteiger partial charge in [0.2, 0.25) is 0 Å². The van der Waals surface area contributed by atoms with E-state index >= 15 is 0 Å². The molecule has 3 rings (SSSR count). The Morgan fingerprint density at radius 3 is 2.31 bits per heavy atom. The molecule has 2 aromatic carbocycles. The van der Waals surface area contributed by atoms with Gasteiger partial charge in [-0.1, -0.05) is 38.1 Å². The standard InChI is InChI=1S/C21H24N4O/c1-16(2)17-7-9-19(10-8-17)23-21(26)25-13-11-24(12-14-25)20-6-4-3-5-18(20)15-22/h3-10,16H,11-14H2,1-2H3,(H,23,26). The predicted molar refractivity (Wildman–Crippen MR) is 104 cm³/mol. The zero-order chi connectivity index (χ0) is 18.5. The lowest BCUT2D eigenvalue weighted by Gasteiger charge is -2.36. The van der Waals surface area contributed by atoms with E-state index < -0.39 is 0 Å². The lowest BCUT2D eigenvalue weighted by Crippen LogP contribution is -2.50. The zero-order valence-electron chi connectivity index (χ0n) is 15.3. The van der Waals surface area contributed by atoms with Crippen LogP contribution in [0.3, 0.4) is 0 Å². The third kappa shape index (κ3) is 3.97. The number of rotatable bonds is 3. The van der Waals surface area contributed by atoms with Crippen LogP contribution in [0.15, 0.2) is 48.5 Å². The van der Waals surface area contributed by atoms with E-state index in [0.717, 1.165) is 24.5 Å². The fraction of sp³-hybridized carbons (Fsp3) is 0.333. The number of anilines is 2. The van der Waals surface area contributed by atoms with Gasteiger partial charge in [0, 0.05) is 31.9 Å². The average molecular weight is 348 g/mol. The van der Waals surface area contributed by atoms with Crippen molar-refractivity contribution >= 4 is 17.4 Å². The van der Waals surface area contributed by atoms with Crippen molar-refractivity contribution in [2.24, 2.45) is 0 Å². The van der Waals surface area contributed by atoms with Crippen LogP contribution in [0.25, 0.3) is 0 Å². The summed E-state index contributed by atoms with van der Waals surface area (Å²) in [5.41, 5.74) is 3.69. The van der Waals surface area contributed by atoms with Crippen LogP contribution >= 0.6 is 0 Å². The van der Waals surface area contributed by atoms with Crippen molar-refractivity contribution in [2.45, 2.75) is 19.8 Å². The molecule has 1 N–H and O–H groups in total. The van der Waals surface area contributed by atoms with Crippen LogP contribution < -0.4 is 10.2 Å². The van der Waals surface area contributed by atoms with Gasteiger partial charge in [0.05, 0.1) is 11.3 Å². The van der Waals surface area contributed by atoms with E-state index in [9.17, 15) is 10.1 Å². The van der Waals surface area contributed by atoms with Gasteiger partial charge >= 0.3 is 6.03 Å². The molecule has 1 aliphatic heterocycles. The van der Waals surface area contributed by atoms with Gasteiger partial charge in [0.25, 0.3) is 0 Å². The van der Waals surface area contributed by atoms with Crippen LogP contribution in [0.4, 0.5) is 16.2 Å². The Morgan fingerprint density at radius 2 is 1.69 bits per heavy atom. The minimum atomic E-state index is -0.0736. The van der Waals surface area contributed by atoms with Crippen LogP contribution in [0, 0.1) is 11.3 Å². The maximum atomic E-state index is 12.5. The first-order valence-electron chi connectivity index (χ1n) is 8.98. The number of amides is 2. The van der Waals surface area contributed by atoms with Crippen LogP contribution in [0.2, 0.25) is 0 Å². The summed E-state index contributed by atoms with van der Waals surface area (Å²) in [6.07, 6.45) is 0. The molecule has 2 amide bonds. The summed E-state index contributed by atoms with van der Waals surface area (Å²) < 4.78 is 0. The topological polar surface area (TPSA) is 59.4 Å². The van der Waals surface area contributed by atoms with Crippen LogP contribution in [0.1, 0.15) is 30.9 Å². The number of piperazine rings is 1. The van der Waals surface area contributed by atoms with Gasteiger partial charge in [-0.3, -0.25) is 0 Å². The van der Waals surface area contributed by atoms with Crippen LogP contribution in [0.5, 0.6) is 0 Å². The van der Waals surface area contributed by atoms with Gasteiger partial charge in [-0.2, -0.15) is 5.26 Å². The molecule has 1 heterocycles. The lowest BCUT2D eigenvalue weighted by atomic mass is 10.0. The molecule has 134 valence electrons. The Bertz CT molecular complexity index is 800. The SMILES string of the molecule is CC(C)c1ccc(NC(=O)N2CCN(c3ccccc3C#N)CC2)cc1. The Labute approximate surface area is 154 Å². The first-order valence-corrected chi connectivity index (χ1v) is 8.98. The number of carbonyl (C=O) groups is 1. The molecule has 0 unspecified atom stereocenters. The number of benzene rings is 2. The van der Waals surface area contributed by atoms with Crippen molar-refractivity contribution in [1.82, 2.24) is 4.90 Å². The van der Waals surface area contributed by atoms with E-state index in [1.54, 1.807) is 0 Å². The largest absolute Gasteiger partial charge is 0.367 e. The fourth-order valence-corrected chi connectivity index (χ4v) is 3.15. The average Bonchev–Trinajstić information content (AvgIpc) is 2.68. The molecule has 0 saturated carbocycles. The summed E-state index contributed by atoms with van der Waals surface area (Å²) in [6.45, 7) is 7.01. The highest BCUT2D eigenvalue weighted by Crippen LogP contribution is 2.22. The summed E-state index contributed by atoms with van der Waals surface area (Å²) >= 11 is 0. The number of para-hydroxylation sites is 1. The van der Waals surface area contributed by atoms with Crippen molar-refractivity contribution in [1.29, 1.82) is 5.26 Å². The molecular weight excluding hydrogens is 324 g/mol. The highest BCUT2D eigenvalue weighted by atomic mass is 16.2. The molecule has 1 fully saturated rings. The van der Waals surface area contributed by atoms with E-state index in [-0.39, 0.29) is 6.03 Å². The molecule has 1 aliphatic rings. The normalized spacial score (nSPS) is 14.2. The molecule has 0 atom stereocenters. The summed E-state index contributed by atoms with van der Waals surface area (Å²) in [4.78, 5) is 16.5. The Balaban J connectivity index is 1.57. The highest BCUT2D eigenvalue weighted by Gasteiger charge is 2.22. The monoisotopic (exact) mass is 348 g/mol. The molecule has 5 nitrogen and oxygen atoms in total. The Kier molecular flexibility index (Phi) is 5.43. The van der Waals surface area contributed by atoms with Crippen LogP contribution in [-0.4, -0.2) is 37.1 Å². The first-order chi connectivity index (χ1) is 12.6.